The number of rotatable bonds is 6. The summed E-state index contributed by atoms with van der Waals surface area (Å²) in [5, 5.41) is 6.76. The molecule has 1 aromatic rings. The Morgan fingerprint density at radius 3 is 2.27 bits per heavy atom. The van der Waals surface area contributed by atoms with Gasteiger partial charge in [-0.1, -0.05) is 32.9 Å². The lowest BCUT2D eigenvalue weighted by Crippen LogP contribution is -2.28. The number of hydrogen-bond acceptors (Lipinski definition) is 2. The third kappa shape index (κ3) is 4.84. The molecule has 2 nitrogen and oxygen atoms in total. The molecule has 0 aromatic heterocycles. The minimum Gasteiger partial charge on any atom is -0.384 e. The fourth-order valence-electron chi connectivity index (χ4n) is 1.43. The molecule has 0 heterocycles. The highest BCUT2D eigenvalue weighted by atomic mass is 15.0. The van der Waals surface area contributed by atoms with Gasteiger partial charge in [-0.15, -0.1) is 0 Å². The van der Waals surface area contributed by atoms with E-state index in [2.05, 4.69) is 55.7 Å². The first-order chi connectivity index (χ1) is 7.22. The summed E-state index contributed by atoms with van der Waals surface area (Å²) in [6.07, 6.45) is 1.11. The fraction of sp³-hybridized carbons (Fsp3) is 0.538. The van der Waals surface area contributed by atoms with E-state index in [4.69, 9.17) is 0 Å². The van der Waals surface area contributed by atoms with Crippen molar-refractivity contribution < 1.29 is 0 Å². The van der Waals surface area contributed by atoms with Crippen LogP contribution in [0.3, 0.4) is 0 Å². The molecule has 0 spiro atoms. The first-order valence-corrected chi connectivity index (χ1v) is 5.78. The zero-order chi connectivity index (χ0) is 11.1. The van der Waals surface area contributed by atoms with Crippen molar-refractivity contribution in [2.75, 3.05) is 18.4 Å². The Balaban J connectivity index is 2.25. The molecule has 84 valence electrons. The Hall–Kier alpha value is -1.02. The smallest absolute Gasteiger partial charge is 0.0340 e. The van der Waals surface area contributed by atoms with Crippen LogP contribution in [0.4, 0.5) is 5.69 Å². The van der Waals surface area contributed by atoms with Crippen molar-refractivity contribution in [1.82, 2.24) is 5.32 Å². The van der Waals surface area contributed by atoms with Crippen molar-refractivity contribution in [2.24, 2.45) is 0 Å². The molecule has 0 aliphatic heterocycles. The molecule has 0 saturated carbocycles. The largest absolute Gasteiger partial charge is 0.384 e. The molecular weight excluding hydrogens is 184 g/mol. The Bertz CT molecular complexity index is 264. The minimum absolute atomic E-state index is 0.564. The van der Waals surface area contributed by atoms with Crippen LogP contribution >= 0.6 is 0 Å². The predicted octanol–water partition coefficient (Wildman–Crippen LogP) is 2.66. The summed E-state index contributed by atoms with van der Waals surface area (Å²) in [7, 11) is 0. The van der Waals surface area contributed by atoms with Crippen LogP contribution < -0.4 is 10.6 Å². The average molecular weight is 206 g/mol. The molecular formula is C13H22N2. The summed E-state index contributed by atoms with van der Waals surface area (Å²) in [4.78, 5) is 0. The average Bonchev–Trinajstić information content (AvgIpc) is 2.25. The first-order valence-electron chi connectivity index (χ1n) is 5.78. The second kappa shape index (κ2) is 6.46. The van der Waals surface area contributed by atoms with Crippen molar-refractivity contribution in [3.05, 3.63) is 29.8 Å². The van der Waals surface area contributed by atoms with Gasteiger partial charge in [0, 0.05) is 24.8 Å². The van der Waals surface area contributed by atoms with Gasteiger partial charge in [-0.05, 0) is 24.1 Å². The number of aryl methyl sites for hydroxylation is 1. The highest BCUT2D eigenvalue weighted by Gasteiger charge is 1.93. The van der Waals surface area contributed by atoms with E-state index in [1.165, 1.54) is 11.3 Å². The zero-order valence-corrected chi connectivity index (χ0v) is 10.0. The summed E-state index contributed by atoms with van der Waals surface area (Å²) in [5.41, 5.74) is 2.60. The third-order valence-corrected chi connectivity index (χ3v) is 2.37. The van der Waals surface area contributed by atoms with Gasteiger partial charge in [0.2, 0.25) is 0 Å². The molecule has 0 saturated heterocycles. The Labute approximate surface area is 93.1 Å². The van der Waals surface area contributed by atoms with Gasteiger partial charge in [0.05, 0.1) is 0 Å². The van der Waals surface area contributed by atoms with Crippen LogP contribution in [0.25, 0.3) is 0 Å². The van der Waals surface area contributed by atoms with E-state index in [9.17, 15) is 0 Å². The summed E-state index contributed by atoms with van der Waals surface area (Å²) < 4.78 is 0. The standard InChI is InChI=1S/C13H22N2/c1-4-12-5-7-13(8-6-12)15-10-9-14-11(2)3/h5-8,11,14-15H,4,9-10H2,1-3H3. The minimum atomic E-state index is 0.564. The lowest BCUT2D eigenvalue weighted by Gasteiger charge is -2.10. The van der Waals surface area contributed by atoms with E-state index in [0.29, 0.717) is 6.04 Å². The maximum Gasteiger partial charge on any atom is 0.0340 e. The third-order valence-electron chi connectivity index (χ3n) is 2.37. The van der Waals surface area contributed by atoms with E-state index in [0.717, 1.165) is 19.5 Å². The highest BCUT2D eigenvalue weighted by Crippen LogP contribution is 2.09. The Kier molecular flexibility index (Phi) is 5.19. The summed E-state index contributed by atoms with van der Waals surface area (Å²) in [6.45, 7) is 8.48. The summed E-state index contributed by atoms with van der Waals surface area (Å²) >= 11 is 0. The van der Waals surface area contributed by atoms with Crippen LogP contribution in [0.1, 0.15) is 26.3 Å². The van der Waals surface area contributed by atoms with Gasteiger partial charge in [-0.25, -0.2) is 0 Å². The molecule has 2 heteroatoms. The van der Waals surface area contributed by atoms with Gasteiger partial charge in [0.1, 0.15) is 0 Å². The molecule has 0 fully saturated rings. The molecule has 15 heavy (non-hydrogen) atoms. The maximum absolute atomic E-state index is 3.39. The van der Waals surface area contributed by atoms with E-state index in [1.54, 1.807) is 0 Å². The molecule has 0 amide bonds. The molecule has 0 radical (unpaired) electrons. The van der Waals surface area contributed by atoms with E-state index < -0.39 is 0 Å². The van der Waals surface area contributed by atoms with Crippen LogP contribution in [0.15, 0.2) is 24.3 Å². The number of nitrogens with one attached hydrogen (secondary N) is 2. The van der Waals surface area contributed by atoms with Crippen LogP contribution in [-0.2, 0) is 6.42 Å². The molecule has 0 aliphatic rings. The normalized spacial score (nSPS) is 10.7. The predicted molar refractivity (Wildman–Crippen MR) is 67.4 cm³/mol. The Morgan fingerprint density at radius 1 is 1.07 bits per heavy atom. The van der Waals surface area contributed by atoms with E-state index in [1.807, 2.05) is 0 Å². The van der Waals surface area contributed by atoms with Crippen LogP contribution in [0.2, 0.25) is 0 Å². The lowest BCUT2D eigenvalue weighted by molar-refractivity contribution is 0.602. The van der Waals surface area contributed by atoms with Crippen LogP contribution in [0, 0.1) is 0 Å². The first kappa shape index (κ1) is 12.1. The SMILES string of the molecule is CCc1ccc(NCCNC(C)C)cc1. The van der Waals surface area contributed by atoms with Crippen LogP contribution in [-0.4, -0.2) is 19.1 Å². The summed E-state index contributed by atoms with van der Waals surface area (Å²) in [5.74, 6) is 0. The fourth-order valence-corrected chi connectivity index (χ4v) is 1.43. The quantitative estimate of drug-likeness (QED) is 0.699. The van der Waals surface area contributed by atoms with Crippen molar-refractivity contribution in [2.45, 2.75) is 33.2 Å². The van der Waals surface area contributed by atoms with Gasteiger partial charge >= 0.3 is 0 Å². The number of hydrogen-bond donors (Lipinski definition) is 2. The second-order valence-corrected chi connectivity index (χ2v) is 4.09. The van der Waals surface area contributed by atoms with Gasteiger partial charge < -0.3 is 10.6 Å². The zero-order valence-electron chi connectivity index (χ0n) is 10.0. The molecule has 0 atom stereocenters. The lowest BCUT2D eigenvalue weighted by atomic mass is 10.1. The highest BCUT2D eigenvalue weighted by molar-refractivity contribution is 5.44. The number of anilines is 1. The molecule has 1 rings (SSSR count). The van der Waals surface area contributed by atoms with Gasteiger partial charge in [0.15, 0.2) is 0 Å². The van der Waals surface area contributed by atoms with Crippen molar-refractivity contribution in [1.29, 1.82) is 0 Å². The molecule has 0 bridgehead atoms. The maximum atomic E-state index is 3.39. The van der Waals surface area contributed by atoms with Gasteiger partial charge in [-0.2, -0.15) is 0 Å². The topological polar surface area (TPSA) is 24.1 Å². The van der Waals surface area contributed by atoms with Gasteiger partial charge in [0.25, 0.3) is 0 Å². The van der Waals surface area contributed by atoms with Crippen molar-refractivity contribution >= 4 is 5.69 Å². The van der Waals surface area contributed by atoms with E-state index in [-0.39, 0.29) is 0 Å². The second-order valence-electron chi connectivity index (χ2n) is 4.09. The van der Waals surface area contributed by atoms with Crippen molar-refractivity contribution in [3.63, 3.8) is 0 Å². The molecule has 2 N–H and O–H groups in total. The Morgan fingerprint density at radius 2 is 1.73 bits per heavy atom. The number of benzene rings is 1. The molecule has 0 aliphatic carbocycles. The van der Waals surface area contributed by atoms with Crippen molar-refractivity contribution in [3.8, 4) is 0 Å². The molecule has 1 aromatic carbocycles. The van der Waals surface area contributed by atoms with Crippen LogP contribution in [0.5, 0.6) is 0 Å². The van der Waals surface area contributed by atoms with Gasteiger partial charge in [-0.3, -0.25) is 0 Å². The summed E-state index contributed by atoms with van der Waals surface area (Å²) in [6, 6.07) is 9.22. The molecule has 0 unspecified atom stereocenters. The monoisotopic (exact) mass is 206 g/mol. The van der Waals surface area contributed by atoms with E-state index >= 15 is 0 Å².